The van der Waals surface area contributed by atoms with Gasteiger partial charge in [-0.1, -0.05) is 29.3 Å². The average Bonchev–Trinajstić information content (AvgIpc) is 2.21. The predicted octanol–water partition coefficient (Wildman–Crippen LogP) is 2.94. The summed E-state index contributed by atoms with van der Waals surface area (Å²) in [5.74, 6) is -0.196. The maximum atomic E-state index is 11.4. The number of benzene rings is 1. The second-order valence-corrected chi connectivity index (χ2v) is 4.51. The van der Waals surface area contributed by atoms with Gasteiger partial charge in [0.25, 0.3) is 0 Å². The second-order valence-electron chi connectivity index (χ2n) is 3.69. The molecule has 0 aliphatic heterocycles. The Morgan fingerprint density at radius 1 is 1.29 bits per heavy atom. The standard InChI is InChI=1S/C11H14Cl2N2O.ClH/c1-6(14)11(16)15-7(2)8-3-4-9(12)10(13)5-8;/h3-7H,14H2,1-2H3,(H,15,16);1H/t6-,7?;/m0./s1. The van der Waals surface area contributed by atoms with E-state index in [0.717, 1.165) is 5.56 Å². The van der Waals surface area contributed by atoms with Gasteiger partial charge in [0.05, 0.1) is 22.1 Å². The Bertz CT molecular complexity index is 396. The first-order chi connectivity index (χ1) is 7.41. The van der Waals surface area contributed by atoms with Crippen LogP contribution in [0.5, 0.6) is 0 Å². The third-order valence-corrected chi connectivity index (χ3v) is 2.96. The monoisotopic (exact) mass is 296 g/mol. The molecule has 0 heterocycles. The maximum Gasteiger partial charge on any atom is 0.237 e. The van der Waals surface area contributed by atoms with Crippen molar-refractivity contribution < 1.29 is 4.79 Å². The van der Waals surface area contributed by atoms with Crippen molar-refractivity contribution in [2.45, 2.75) is 25.9 Å². The average molecular weight is 298 g/mol. The lowest BCUT2D eigenvalue weighted by molar-refractivity contribution is -0.122. The first kappa shape index (κ1) is 16.5. The lowest BCUT2D eigenvalue weighted by atomic mass is 10.1. The zero-order valence-electron chi connectivity index (χ0n) is 9.54. The Balaban J connectivity index is 0.00000256. The molecule has 0 bridgehead atoms. The fourth-order valence-corrected chi connectivity index (χ4v) is 1.52. The number of rotatable bonds is 3. The van der Waals surface area contributed by atoms with Gasteiger partial charge in [-0.15, -0.1) is 12.4 Å². The Labute approximate surface area is 117 Å². The van der Waals surface area contributed by atoms with Crippen molar-refractivity contribution in [3.05, 3.63) is 33.8 Å². The highest BCUT2D eigenvalue weighted by Crippen LogP contribution is 2.25. The third-order valence-electron chi connectivity index (χ3n) is 2.22. The number of hydrogen-bond acceptors (Lipinski definition) is 2. The number of carbonyl (C=O) groups excluding carboxylic acids is 1. The Morgan fingerprint density at radius 2 is 1.88 bits per heavy atom. The summed E-state index contributed by atoms with van der Waals surface area (Å²) in [6.45, 7) is 3.50. The van der Waals surface area contributed by atoms with E-state index in [0.29, 0.717) is 10.0 Å². The van der Waals surface area contributed by atoms with Crippen LogP contribution in [0.4, 0.5) is 0 Å². The molecule has 0 fully saturated rings. The van der Waals surface area contributed by atoms with Gasteiger partial charge in [-0.25, -0.2) is 0 Å². The summed E-state index contributed by atoms with van der Waals surface area (Å²) in [6.07, 6.45) is 0. The van der Waals surface area contributed by atoms with Crippen molar-refractivity contribution in [3.8, 4) is 0 Å². The lowest BCUT2D eigenvalue weighted by Gasteiger charge is -2.16. The van der Waals surface area contributed by atoms with Crippen LogP contribution in [0, 0.1) is 0 Å². The molecule has 1 amide bonds. The second kappa shape index (κ2) is 7.07. The molecule has 0 aromatic heterocycles. The van der Waals surface area contributed by atoms with Crippen LogP contribution in [0.1, 0.15) is 25.5 Å². The van der Waals surface area contributed by atoms with E-state index >= 15 is 0 Å². The van der Waals surface area contributed by atoms with Crippen LogP contribution in [0.15, 0.2) is 18.2 Å². The first-order valence-electron chi connectivity index (χ1n) is 4.92. The fourth-order valence-electron chi connectivity index (χ4n) is 1.21. The van der Waals surface area contributed by atoms with E-state index in [2.05, 4.69) is 5.32 Å². The molecule has 3 N–H and O–H groups in total. The molecule has 1 aromatic carbocycles. The van der Waals surface area contributed by atoms with Gasteiger partial charge in [-0.2, -0.15) is 0 Å². The first-order valence-corrected chi connectivity index (χ1v) is 5.68. The number of amides is 1. The van der Waals surface area contributed by atoms with E-state index in [-0.39, 0.29) is 24.4 Å². The van der Waals surface area contributed by atoms with Gasteiger partial charge in [-0.3, -0.25) is 4.79 Å². The molecule has 17 heavy (non-hydrogen) atoms. The van der Waals surface area contributed by atoms with Gasteiger partial charge in [0, 0.05) is 0 Å². The molecule has 6 heteroatoms. The molecule has 0 spiro atoms. The molecule has 0 radical (unpaired) electrons. The van der Waals surface area contributed by atoms with Crippen molar-refractivity contribution in [2.75, 3.05) is 0 Å². The van der Waals surface area contributed by atoms with Crippen molar-refractivity contribution in [1.29, 1.82) is 0 Å². The van der Waals surface area contributed by atoms with E-state index in [9.17, 15) is 4.79 Å². The molecule has 3 nitrogen and oxygen atoms in total. The maximum absolute atomic E-state index is 11.4. The summed E-state index contributed by atoms with van der Waals surface area (Å²) in [7, 11) is 0. The normalized spacial score (nSPS) is 13.5. The molecule has 0 aliphatic rings. The van der Waals surface area contributed by atoms with Crippen molar-refractivity contribution in [3.63, 3.8) is 0 Å². The Hall–Kier alpha value is -0.480. The van der Waals surface area contributed by atoms with Crippen LogP contribution >= 0.6 is 35.6 Å². The largest absolute Gasteiger partial charge is 0.348 e. The number of carbonyl (C=O) groups is 1. The topological polar surface area (TPSA) is 55.1 Å². The molecular weight excluding hydrogens is 282 g/mol. The van der Waals surface area contributed by atoms with Crippen molar-refractivity contribution in [1.82, 2.24) is 5.32 Å². The summed E-state index contributed by atoms with van der Waals surface area (Å²) < 4.78 is 0. The molecule has 2 atom stereocenters. The number of hydrogen-bond donors (Lipinski definition) is 2. The van der Waals surface area contributed by atoms with Gasteiger partial charge in [-0.05, 0) is 31.5 Å². The van der Waals surface area contributed by atoms with E-state index < -0.39 is 6.04 Å². The molecule has 96 valence electrons. The molecule has 1 unspecified atom stereocenters. The van der Waals surface area contributed by atoms with Gasteiger partial charge >= 0.3 is 0 Å². The Kier molecular flexibility index (Phi) is 6.87. The van der Waals surface area contributed by atoms with Crippen LogP contribution < -0.4 is 11.1 Å². The van der Waals surface area contributed by atoms with Gasteiger partial charge in [0.1, 0.15) is 0 Å². The number of nitrogens with two attached hydrogens (primary N) is 1. The van der Waals surface area contributed by atoms with Gasteiger partial charge < -0.3 is 11.1 Å². The SMILES string of the molecule is CC(NC(=O)[C@H](C)N)c1ccc(Cl)c(Cl)c1.Cl. The Morgan fingerprint density at radius 3 is 2.35 bits per heavy atom. The summed E-state index contributed by atoms with van der Waals surface area (Å²) >= 11 is 11.7. The van der Waals surface area contributed by atoms with Crippen LogP contribution in [0.3, 0.4) is 0 Å². The van der Waals surface area contributed by atoms with Crippen molar-refractivity contribution in [2.24, 2.45) is 5.73 Å². The highest BCUT2D eigenvalue weighted by Gasteiger charge is 2.13. The minimum absolute atomic E-state index is 0. The third kappa shape index (κ3) is 4.72. The highest BCUT2D eigenvalue weighted by atomic mass is 35.5. The van der Waals surface area contributed by atoms with Crippen LogP contribution in [0.25, 0.3) is 0 Å². The number of nitrogens with one attached hydrogen (secondary N) is 1. The fraction of sp³-hybridized carbons (Fsp3) is 0.364. The summed E-state index contributed by atoms with van der Waals surface area (Å²) in [5, 5.41) is 3.75. The highest BCUT2D eigenvalue weighted by molar-refractivity contribution is 6.42. The quantitative estimate of drug-likeness (QED) is 0.901. The van der Waals surface area contributed by atoms with Crippen LogP contribution in [-0.2, 0) is 4.79 Å². The van der Waals surface area contributed by atoms with Crippen LogP contribution in [-0.4, -0.2) is 11.9 Å². The lowest BCUT2D eigenvalue weighted by Crippen LogP contribution is -2.39. The zero-order chi connectivity index (χ0) is 12.3. The van der Waals surface area contributed by atoms with Gasteiger partial charge in [0.15, 0.2) is 0 Å². The predicted molar refractivity (Wildman–Crippen MR) is 73.9 cm³/mol. The van der Waals surface area contributed by atoms with E-state index in [1.54, 1.807) is 19.1 Å². The van der Waals surface area contributed by atoms with E-state index in [1.807, 2.05) is 13.0 Å². The summed E-state index contributed by atoms with van der Waals surface area (Å²) in [6, 6.07) is 4.59. The molecular formula is C11H15Cl3N2O. The van der Waals surface area contributed by atoms with Crippen LogP contribution in [0.2, 0.25) is 10.0 Å². The van der Waals surface area contributed by atoms with Crippen molar-refractivity contribution >= 4 is 41.5 Å². The smallest absolute Gasteiger partial charge is 0.237 e. The molecule has 0 saturated heterocycles. The molecule has 0 saturated carbocycles. The number of halogens is 3. The zero-order valence-corrected chi connectivity index (χ0v) is 11.9. The summed E-state index contributed by atoms with van der Waals surface area (Å²) in [4.78, 5) is 11.4. The summed E-state index contributed by atoms with van der Waals surface area (Å²) in [5.41, 5.74) is 6.35. The van der Waals surface area contributed by atoms with Gasteiger partial charge in [0.2, 0.25) is 5.91 Å². The minimum Gasteiger partial charge on any atom is -0.348 e. The molecule has 1 aromatic rings. The van der Waals surface area contributed by atoms with E-state index in [1.165, 1.54) is 0 Å². The van der Waals surface area contributed by atoms with E-state index in [4.69, 9.17) is 28.9 Å². The minimum atomic E-state index is -0.523. The molecule has 0 aliphatic carbocycles. The molecule has 1 rings (SSSR count).